The topological polar surface area (TPSA) is 55.2 Å². The fraction of sp³-hybridized carbons (Fsp3) is 0.500. The van der Waals surface area contributed by atoms with E-state index in [9.17, 15) is 8.42 Å². The lowest BCUT2D eigenvalue weighted by molar-refractivity contribution is 0.420. The number of aryl methyl sites for hydroxylation is 2. The normalized spacial score (nSPS) is 15.2. The van der Waals surface area contributed by atoms with Crippen LogP contribution in [-0.2, 0) is 16.6 Å². The van der Waals surface area contributed by atoms with Gasteiger partial charge in [-0.05, 0) is 44.7 Å². The second-order valence-electron chi connectivity index (χ2n) is 6.52. The van der Waals surface area contributed by atoms with Crippen molar-refractivity contribution in [3.05, 3.63) is 46.8 Å². The number of sulfonamides is 1. The number of rotatable bonds is 6. The Morgan fingerprint density at radius 2 is 1.88 bits per heavy atom. The minimum Gasteiger partial charge on any atom is -0.264 e. The van der Waals surface area contributed by atoms with Crippen molar-refractivity contribution in [1.82, 2.24) is 14.1 Å². The van der Waals surface area contributed by atoms with Gasteiger partial charge in [0.25, 0.3) is 0 Å². The van der Waals surface area contributed by atoms with Gasteiger partial charge in [0.15, 0.2) is 0 Å². The quantitative estimate of drug-likeness (QED) is 0.807. The third kappa shape index (κ3) is 3.00. The number of aromatic nitrogens is 2. The molecule has 5 nitrogen and oxygen atoms in total. The Morgan fingerprint density at radius 3 is 2.46 bits per heavy atom. The van der Waals surface area contributed by atoms with Gasteiger partial charge in [-0.3, -0.25) is 4.68 Å². The Morgan fingerprint density at radius 1 is 1.21 bits per heavy atom. The van der Waals surface area contributed by atoms with Gasteiger partial charge >= 0.3 is 0 Å². The van der Waals surface area contributed by atoms with Gasteiger partial charge in [-0.2, -0.15) is 9.40 Å². The van der Waals surface area contributed by atoms with Crippen LogP contribution in [0.3, 0.4) is 0 Å². The first-order chi connectivity index (χ1) is 11.4. The molecule has 6 heteroatoms. The SMILES string of the molecule is CCN(C1CC1)S(=O)(=O)c1c(C)nn(Cc2ccccc2C)c1C. The molecule has 1 saturated carbocycles. The molecule has 1 aliphatic rings. The van der Waals surface area contributed by atoms with Crippen molar-refractivity contribution in [2.45, 2.75) is 58.0 Å². The van der Waals surface area contributed by atoms with Gasteiger partial charge in [0.1, 0.15) is 4.90 Å². The van der Waals surface area contributed by atoms with Crippen LogP contribution in [0, 0.1) is 20.8 Å². The Kier molecular flexibility index (Phi) is 4.53. The van der Waals surface area contributed by atoms with Gasteiger partial charge in [-0.15, -0.1) is 0 Å². The molecule has 3 rings (SSSR count). The summed E-state index contributed by atoms with van der Waals surface area (Å²) in [7, 11) is -3.48. The van der Waals surface area contributed by atoms with E-state index in [0.717, 1.165) is 24.1 Å². The van der Waals surface area contributed by atoms with Crippen molar-refractivity contribution >= 4 is 10.0 Å². The molecule has 1 aliphatic carbocycles. The first-order valence-corrected chi connectivity index (χ1v) is 9.90. The van der Waals surface area contributed by atoms with Crippen molar-refractivity contribution in [3.8, 4) is 0 Å². The Bertz CT molecular complexity index is 851. The van der Waals surface area contributed by atoms with Crippen molar-refractivity contribution in [3.63, 3.8) is 0 Å². The van der Waals surface area contributed by atoms with Gasteiger partial charge in [0, 0.05) is 12.6 Å². The zero-order valence-corrected chi connectivity index (χ0v) is 15.6. The average Bonchev–Trinajstić information content (AvgIpc) is 3.29. The Balaban J connectivity index is 1.99. The summed E-state index contributed by atoms with van der Waals surface area (Å²) in [5, 5.41) is 4.52. The lowest BCUT2D eigenvalue weighted by atomic mass is 10.1. The molecule has 1 heterocycles. The summed E-state index contributed by atoms with van der Waals surface area (Å²) in [6.45, 7) is 8.70. The molecule has 0 unspecified atom stereocenters. The van der Waals surface area contributed by atoms with E-state index in [1.54, 1.807) is 11.2 Å². The van der Waals surface area contributed by atoms with Gasteiger partial charge in [-0.1, -0.05) is 31.2 Å². The Labute approximate surface area is 144 Å². The third-order valence-corrected chi connectivity index (χ3v) is 7.01. The molecule has 0 spiro atoms. The predicted molar refractivity (Wildman–Crippen MR) is 94.6 cm³/mol. The number of hydrogen-bond acceptors (Lipinski definition) is 3. The van der Waals surface area contributed by atoms with E-state index in [2.05, 4.69) is 24.2 Å². The van der Waals surface area contributed by atoms with Crippen LogP contribution in [0.4, 0.5) is 0 Å². The minimum atomic E-state index is -3.48. The lowest BCUT2D eigenvalue weighted by Crippen LogP contribution is -2.33. The molecule has 0 aliphatic heterocycles. The van der Waals surface area contributed by atoms with Crippen molar-refractivity contribution in [2.24, 2.45) is 0 Å². The van der Waals surface area contributed by atoms with Crippen LogP contribution >= 0.6 is 0 Å². The van der Waals surface area contributed by atoms with Crippen LogP contribution in [0.25, 0.3) is 0 Å². The van der Waals surface area contributed by atoms with Crippen LogP contribution in [0.15, 0.2) is 29.2 Å². The highest BCUT2D eigenvalue weighted by atomic mass is 32.2. The summed E-state index contributed by atoms with van der Waals surface area (Å²) in [5.41, 5.74) is 3.64. The largest absolute Gasteiger partial charge is 0.264 e. The van der Waals surface area contributed by atoms with E-state index in [-0.39, 0.29) is 6.04 Å². The highest BCUT2D eigenvalue weighted by Crippen LogP contribution is 2.33. The number of nitrogens with zero attached hydrogens (tertiary/aromatic N) is 3. The van der Waals surface area contributed by atoms with E-state index in [4.69, 9.17) is 0 Å². The maximum atomic E-state index is 13.1. The van der Waals surface area contributed by atoms with Gasteiger partial charge in [0.05, 0.1) is 17.9 Å². The fourth-order valence-corrected chi connectivity index (χ4v) is 5.33. The molecular weight excluding hydrogens is 322 g/mol. The van der Waals surface area contributed by atoms with Crippen molar-refractivity contribution < 1.29 is 8.42 Å². The van der Waals surface area contributed by atoms with E-state index in [1.807, 2.05) is 30.7 Å². The zero-order chi connectivity index (χ0) is 17.5. The van der Waals surface area contributed by atoms with E-state index in [1.165, 1.54) is 5.56 Å². The maximum Gasteiger partial charge on any atom is 0.246 e. The molecule has 130 valence electrons. The van der Waals surface area contributed by atoms with E-state index >= 15 is 0 Å². The summed E-state index contributed by atoms with van der Waals surface area (Å²) >= 11 is 0. The average molecular weight is 347 g/mol. The number of hydrogen-bond donors (Lipinski definition) is 0. The van der Waals surface area contributed by atoms with Crippen LogP contribution in [0.1, 0.15) is 42.3 Å². The van der Waals surface area contributed by atoms with Crippen LogP contribution in [0.2, 0.25) is 0 Å². The highest BCUT2D eigenvalue weighted by Gasteiger charge is 2.39. The summed E-state index contributed by atoms with van der Waals surface area (Å²) in [6.07, 6.45) is 1.92. The molecule has 0 bridgehead atoms. The molecule has 1 aromatic heterocycles. The second kappa shape index (κ2) is 6.33. The minimum absolute atomic E-state index is 0.165. The predicted octanol–water partition coefficient (Wildman–Crippen LogP) is 3.03. The molecule has 0 atom stereocenters. The molecule has 1 aromatic carbocycles. The molecular formula is C18H25N3O2S. The Hall–Kier alpha value is -1.66. The van der Waals surface area contributed by atoms with Gasteiger partial charge in [0.2, 0.25) is 10.0 Å². The monoisotopic (exact) mass is 347 g/mol. The molecule has 0 amide bonds. The molecule has 0 N–H and O–H groups in total. The summed E-state index contributed by atoms with van der Waals surface area (Å²) in [4.78, 5) is 0.379. The fourth-order valence-electron chi connectivity index (χ4n) is 3.26. The molecule has 0 saturated heterocycles. The van der Waals surface area contributed by atoms with Crippen LogP contribution in [0.5, 0.6) is 0 Å². The molecule has 24 heavy (non-hydrogen) atoms. The van der Waals surface area contributed by atoms with Crippen molar-refractivity contribution in [1.29, 1.82) is 0 Å². The summed E-state index contributed by atoms with van der Waals surface area (Å²) in [6, 6.07) is 8.29. The zero-order valence-electron chi connectivity index (χ0n) is 14.8. The molecule has 2 aromatic rings. The van der Waals surface area contributed by atoms with E-state index in [0.29, 0.717) is 23.7 Å². The van der Waals surface area contributed by atoms with Crippen molar-refractivity contribution in [2.75, 3.05) is 6.54 Å². The second-order valence-corrected chi connectivity index (χ2v) is 8.35. The third-order valence-electron chi connectivity index (χ3n) is 4.73. The van der Waals surface area contributed by atoms with Gasteiger partial charge < -0.3 is 0 Å². The highest BCUT2D eigenvalue weighted by molar-refractivity contribution is 7.89. The summed E-state index contributed by atoms with van der Waals surface area (Å²) in [5.74, 6) is 0. The summed E-state index contributed by atoms with van der Waals surface area (Å²) < 4.78 is 29.6. The molecule has 1 fully saturated rings. The molecule has 0 radical (unpaired) electrons. The first kappa shape index (κ1) is 17.2. The van der Waals surface area contributed by atoms with Gasteiger partial charge in [-0.25, -0.2) is 8.42 Å². The number of benzene rings is 1. The first-order valence-electron chi connectivity index (χ1n) is 8.46. The smallest absolute Gasteiger partial charge is 0.246 e. The van der Waals surface area contributed by atoms with E-state index < -0.39 is 10.0 Å². The lowest BCUT2D eigenvalue weighted by Gasteiger charge is -2.20. The van der Waals surface area contributed by atoms with Crippen LogP contribution < -0.4 is 0 Å². The van der Waals surface area contributed by atoms with Crippen LogP contribution in [-0.4, -0.2) is 35.1 Å². The maximum absolute atomic E-state index is 13.1. The standard InChI is InChI=1S/C18H25N3O2S/c1-5-21(17-10-11-17)24(22,23)18-14(3)19-20(15(18)4)12-16-9-7-6-8-13(16)2/h6-9,17H,5,10-12H2,1-4H3.